The van der Waals surface area contributed by atoms with E-state index in [1.54, 1.807) is 24.3 Å². The van der Waals surface area contributed by atoms with Crippen LogP contribution in [0, 0.1) is 0 Å². The molecule has 174 valence electrons. The minimum absolute atomic E-state index is 0.0403. The number of pyridine rings is 1. The number of carbonyl (C=O) groups is 1. The number of rotatable bonds is 5. The van der Waals surface area contributed by atoms with Gasteiger partial charge in [0, 0.05) is 23.4 Å². The molecule has 0 saturated heterocycles. The fraction of sp³-hybridized carbons (Fsp3) is 0.0833. The Kier molecular flexibility index (Phi) is 5.78. The highest BCUT2D eigenvalue weighted by molar-refractivity contribution is 7.90. The molecule has 4 aromatic rings. The number of nitrogens with two attached hydrogens (primary N) is 1. The molecule has 0 fully saturated rings. The molecule has 0 aliphatic heterocycles. The molecule has 0 spiro atoms. The van der Waals surface area contributed by atoms with Gasteiger partial charge < -0.3 is 10.5 Å². The van der Waals surface area contributed by atoms with Gasteiger partial charge in [-0.3, -0.25) is 9.78 Å². The number of para-hydroxylation sites is 1. The number of hydrogen-bond acceptors (Lipinski definition) is 5. The number of halogens is 3. The predicted molar refractivity (Wildman–Crippen MR) is 120 cm³/mol. The van der Waals surface area contributed by atoms with E-state index < -0.39 is 27.5 Å². The van der Waals surface area contributed by atoms with Crippen LogP contribution >= 0.6 is 0 Å². The number of aromatic nitrogens is 1. The monoisotopic (exact) mass is 486 g/mol. The second kappa shape index (κ2) is 8.45. The number of amides is 1. The van der Waals surface area contributed by atoms with Crippen LogP contribution in [0.15, 0.2) is 77.8 Å². The van der Waals surface area contributed by atoms with Crippen molar-refractivity contribution in [3.63, 3.8) is 0 Å². The van der Waals surface area contributed by atoms with Gasteiger partial charge in [0.1, 0.15) is 11.5 Å². The van der Waals surface area contributed by atoms with Crippen molar-refractivity contribution >= 4 is 26.6 Å². The number of hydrogen-bond donors (Lipinski definition) is 1. The van der Waals surface area contributed by atoms with Crippen LogP contribution in [-0.4, -0.2) is 25.6 Å². The van der Waals surface area contributed by atoms with E-state index in [1.165, 1.54) is 36.4 Å². The van der Waals surface area contributed by atoms with Gasteiger partial charge in [-0.1, -0.05) is 24.3 Å². The number of sulfone groups is 1. The highest BCUT2D eigenvalue weighted by atomic mass is 32.2. The smallest absolute Gasteiger partial charge is 0.418 e. The molecule has 0 unspecified atom stereocenters. The van der Waals surface area contributed by atoms with Crippen molar-refractivity contribution in [2.24, 2.45) is 5.73 Å². The largest absolute Gasteiger partial charge is 0.457 e. The zero-order valence-corrected chi connectivity index (χ0v) is 18.4. The summed E-state index contributed by atoms with van der Waals surface area (Å²) < 4.78 is 69.6. The summed E-state index contributed by atoms with van der Waals surface area (Å²) in [5.74, 6) is -0.180. The van der Waals surface area contributed by atoms with Gasteiger partial charge in [-0.25, -0.2) is 8.42 Å². The molecule has 10 heteroatoms. The Morgan fingerprint density at radius 2 is 1.65 bits per heavy atom. The molecule has 0 aliphatic carbocycles. The van der Waals surface area contributed by atoms with Gasteiger partial charge in [0.2, 0.25) is 0 Å². The van der Waals surface area contributed by atoms with Gasteiger partial charge in [-0.15, -0.1) is 0 Å². The SMILES string of the molecule is CS(=O)(=O)c1ccc(Oc2cccc(-c3c(C(N)=O)cnc4c(C(F)(F)F)cccc34)c2)cc1. The van der Waals surface area contributed by atoms with Crippen LogP contribution < -0.4 is 10.5 Å². The van der Waals surface area contributed by atoms with Crippen molar-refractivity contribution in [1.82, 2.24) is 4.98 Å². The normalized spacial score (nSPS) is 12.0. The van der Waals surface area contributed by atoms with Crippen LogP contribution in [0.4, 0.5) is 13.2 Å². The van der Waals surface area contributed by atoms with Crippen LogP contribution in [0.25, 0.3) is 22.0 Å². The van der Waals surface area contributed by atoms with E-state index in [0.29, 0.717) is 17.1 Å². The third kappa shape index (κ3) is 4.58. The Morgan fingerprint density at radius 3 is 2.26 bits per heavy atom. The maximum atomic E-state index is 13.5. The van der Waals surface area contributed by atoms with E-state index >= 15 is 0 Å². The molecule has 4 rings (SSSR count). The van der Waals surface area contributed by atoms with Gasteiger partial charge in [0.05, 0.1) is 21.5 Å². The topological polar surface area (TPSA) is 99.4 Å². The maximum Gasteiger partial charge on any atom is 0.418 e. The molecule has 0 radical (unpaired) electrons. The molecule has 1 heterocycles. The van der Waals surface area contributed by atoms with Crippen molar-refractivity contribution in [2.75, 3.05) is 6.26 Å². The fourth-order valence-electron chi connectivity index (χ4n) is 3.56. The van der Waals surface area contributed by atoms with E-state index in [0.717, 1.165) is 18.5 Å². The average Bonchev–Trinajstić information content (AvgIpc) is 2.77. The average molecular weight is 486 g/mol. The van der Waals surface area contributed by atoms with Gasteiger partial charge in [-0.05, 0) is 48.0 Å². The van der Waals surface area contributed by atoms with E-state index in [-0.39, 0.29) is 26.9 Å². The number of alkyl halides is 3. The summed E-state index contributed by atoms with van der Waals surface area (Å²) in [4.78, 5) is 16.1. The second-order valence-corrected chi connectivity index (χ2v) is 9.50. The lowest BCUT2D eigenvalue weighted by Gasteiger charge is -2.15. The zero-order chi connectivity index (χ0) is 24.7. The van der Waals surface area contributed by atoms with Gasteiger partial charge in [0.25, 0.3) is 5.91 Å². The van der Waals surface area contributed by atoms with Crippen LogP contribution in [-0.2, 0) is 16.0 Å². The molecule has 2 N–H and O–H groups in total. The number of nitrogens with zero attached hydrogens (tertiary/aromatic N) is 1. The first-order chi connectivity index (χ1) is 15.9. The highest BCUT2D eigenvalue weighted by Gasteiger charge is 2.34. The molecule has 0 atom stereocenters. The second-order valence-electron chi connectivity index (χ2n) is 7.48. The standard InChI is InChI=1S/C24H17F3N2O4S/c1-34(31,32)17-10-8-15(9-11-17)33-16-5-2-4-14(12-16)21-18-6-3-7-20(24(25,26)27)22(18)29-13-19(21)23(28)30/h2-13H,1H3,(H2,28,30). The van der Waals surface area contributed by atoms with E-state index in [9.17, 15) is 26.4 Å². The van der Waals surface area contributed by atoms with Gasteiger partial charge >= 0.3 is 6.18 Å². The molecule has 0 bridgehead atoms. The molecular weight excluding hydrogens is 469 g/mol. The first-order valence-electron chi connectivity index (χ1n) is 9.82. The molecule has 1 amide bonds. The Morgan fingerprint density at radius 1 is 0.971 bits per heavy atom. The summed E-state index contributed by atoms with van der Waals surface area (Å²) in [5, 5.41) is 0.112. The van der Waals surface area contributed by atoms with Gasteiger partial charge in [-0.2, -0.15) is 13.2 Å². The Hall–Kier alpha value is -3.92. The molecule has 3 aromatic carbocycles. The van der Waals surface area contributed by atoms with E-state index in [1.807, 2.05) is 0 Å². The highest BCUT2D eigenvalue weighted by Crippen LogP contribution is 2.39. The number of fused-ring (bicyclic) bond motifs is 1. The zero-order valence-electron chi connectivity index (χ0n) is 17.6. The summed E-state index contributed by atoms with van der Waals surface area (Å²) in [6.45, 7) is 0. The van der Waals surface area contributed by atoms with Crippen molar-refractivity contribution in [3.05, 3.63) is 84.1 Å². The Balaban J connectivity index is 1.83. The van der Waals surface area contributed by atoms with E-state index in [4.69, 9.17) is 10.5 Å². The van der Waals surface area contributed by atoms with Crippen LogP contribution in [0.3, 0.4) is 0 Å². The summed E-state index contributed by atoms with van der Waals surface area (Å²) in [6, 6.07) is 15.7. The van der Waals surface area contributed by atoms with Crippen molar-refractivity contribution in [3.8, 4) is 22.6 Å². The van der Waals surface area contributed by atoms with Crippen LogP contribution in [0.5, 0.6) is 11.5 Å². The molecular formula is C24H17F3N2O4S. The molecule has 34 heavy (non-hydrogen) atoms. The minimum atomic E-state index is -4.64. The van der Waals surface area contributed by atoms with Crippen molar-refractivity contribution < 1.29 is 31.1 Å². The van der Waals surface area contributed by atoms with Crippen LogP contribution in [0.2, 0.25) is 0 Å². The summed E-state index contributed by atoms with van der Waals surface area (Å²) in [5.41, 5.74) is 4.81. The third-order valence-electron chi connectivity index (χ3n) is 5.08. The number of primary amides is 1. The number of benzene rings is 3. The molecule has 0 aliphatic rings. The van der Waals surface area contributed by atoms with Crippen molar-refractivity contribution in [2.45, 2.75) is 11.1 Å². The van der Waals surface area contributed by atoms with E-state index in [2.05, 4.69) is 4.98 Å². The number of ether oxygens (including phenoxy) is 1. The van der Waals surface area contributed by atoms with Gasteiger partial charge in [0.15, 0.2) is 9.84 Å². The minimum Gasteiger partial charge on any atom is -0.457 e. The quantitative estimate of drug-likeness (QED) is 0.417. The predicted octanol–water partition coefficient (Wildman–Crippen LogP) is 5.22. The first-order valence-corrected chi connectivity index (χ1v) is 11.7. The first kappa shape index (κ1) is 23.2. The summed E-state index contributed by atoms with van der Waals surface area (Å²) >= 11 is 0. The lowest BCUT2D eigenvalue weighted by atomic mass is 9.94. The molecule has 0 saturated carbocycles. The van der Waals surface area contributed by atoms with Crippen LogP contribution in [0.1, 0.15) is 15.9 Å². The lowest BCUT2D eigenvalue weighted by Crippen LogP contribution is -2.14. The number of carbonyl (C=O) groups excluding carboxylic acids is 1. The van der Waals surface area contributed by atoms with Crippen molar-refractivity contribution in [1.29, 1.82) is 0 Å². The fourth-order valence-corrected chi connectivity index (χ4v) is 4.19. The molecule has 1 aromatic heterocycles. The third-order valence-corrected chi connectivity index (χ3v) is 6.21. The Bertz CT molecular complexity index is 1520. The molecule has 6 nitrogen and oxygen atoms in total. The maximum absolute atomic E-state index is 13.5. The Labute approximate surface area is 192 Å². The summed E-state index contributed by atoms with van der Waals surface area (Å²) in [6.07, 6.45) is -2.51. The lowest BCUT2D eigenvalue weighted by molar-refractivity contribution is -0.136. The summed E-state index contributed by atoms with van der Waals surface area (Å²) in [7, 11) is -3.37.